The molecule has 0 saturated carbocycles. The quantitative estimate of drug-likeness (QED) is 0.238. The SMILES string of the molecule is CC(=O)NC(C(=O)CC(=O)C(C)O)C(O)C(O)C(O)CO. The molecule has 21 heavy (non-hydrogen) atoms. The monoisotopic (exact) mass is 307 g/mol. The molecule has 122 valence electrons. The van der Waals surface area contributed by atoms with Crippen LogP contribution in [0.2, 0.25) is 0 Å². The largest absolute Gasteiger partial charge is 0.394 e. The molecule has 0 bridgehead atoms. The molecule has 6 N–H and O–H groups in total. The lowest BCUT2D eigenvalue weighted by Gasteiger charge is -2.28. The van der Waals surface area contributed by atoms with Gasteiger partial charge in [-0.3, -0.25) is 14.4 Å². The van der Waals surface area contributed by atoms with Crippen LogP contribution >= 0.6 is 0 Å². The minimum Gasteiger partial charge on any atom is -0.394 e. The van der Waals surface area contributed by atoms with Crippen molar-refractivity contribution < 1.29 is 39.9 Å². The Balaban J connectivity index is 5.05. The van der Waals surface area contributed by atoms with Gasteiger partial charge in [0.05, 0.1) is 13.0 Å². The number of Topliss-reactive ketones (excluding diaryl/α,β-unsaturated/α-hetero) is 2. The summed E-state index contributed by atoms with van der Waals surface area (Å²) in [6.45, 7) is 1.34. The molecule has 0 aliphatic rings. The molecule has 9 nitrogen and oxygen atoms in total. The number of hydrogen-bond acceptors (Lipinski definition) is 8. The number of aliphatic hydroxyl groups excluding tert-OH is 5. The number of carbonyl (C=O) groups is 3. The molecule has 0 radical (unpaired) electrons. The Hall–Kier alpha value is -1.39. The first-order valence-corrected chi connectivity index (χ1v) is 6.27. The van der Waals surface area contributed by atoms with E-state index in [2.05, 4.69) is 5.32 Å². The zero-order valence-electron chi connectivity index (χ0n) is 11.8. The highest BCUT2D eigenvalue weighted by molar-refractivity contribution is 6.04. The van der Waals surface area contributed by atoms with Gasteiger partial charge in [-0.15, -0.1) is 0 Å². The molecule has 0 saturated heterocycles. The van der Waals surface area contributed by atoms with Crippen molar-refractivity contribution in [3.05, 3.63) is 0 Å². The molecule has 0 aromatic rings. The Morgan fingerprint density at radius 3 is 1.90 bits per heavy atom. The van der Waals surface area contributed by atoms with Crippen molar-refractivity contribution in [1.82, 2.24) is 5.32 Å². The third kappa shape index (κ3) is 6.27. The van der Waals surface area contributed by atoms with Gasteiger partial charge in [-0.25, -0.2) is 0 Å². The van der Waals surface area contributed by atoms with Gasteiger partial charge in [0.2, 0.25) is 5.91 Å². The lowest BCUT2D eigenvalue weighted by atomic mass is 9.94. The smallest absolute Gasteiger partial charge is 0.217 e. The van der Waals surface area contributed by atoms with E-state index in [-0.39, 0.29) is 0 Å². The second-order valence-corrected chi connectivity index (χ2v) is 4.69. The number of amides is 1. The van der Waals surface area contributed by atoms with E-state index < -0.39 is 61.0 Å². The highest BCUT2D eigenvalue weighted by atomic mass is 16.4. The summed E-state index contributed by atoms with van der Waals surface area (Å²) in [6, 6.07) is -1.65. The van der Waals surface area contributed by atoms with Crippen LogP contribution in [0.5, 0.6) is 0 Å². The van der Waals surface area contributed by atoms with E-state index in [1.165, 1.54) is 0 Å². The first-order valence-electron chi connectivity index (χ1n) is 6.27. The number of nitrogens with one attached hydrogen (secondary N) is 1. The van der Waals surface area contributed by atoms with Crippen molar-refractivity contribution in [2.24, 2.45) is 0 Å². The molecule has 0 rings (SSSR count). The molecule has 0 heterocycles. The van der Waals surface area contributed by atoms with E-state index in [1.807, 2.05) is 0 Å². The minimum absolute atomic E-state index is 0.706. The van der Waals surface area contributed by atoms with E-state index in [4.69, 9.17) is 10.2 Å². The van der Waals surface area contributed by atoms with Gasteiger partial charge in [-0.1, -0.05) is 0 Å². The lowest BCUT2D eigenvalue weighted by molar-refractivity contribution is -0.140. The Labute approximate surface area is 121 Å². The van der Waals surface area contributed by atoms with Gasteiger partial charge >= 0.3 is 0 Å². The molecule has 0 aromatic heterocycles. The van der Waals surface area contributed by atoms with E-state index in [1.54, 1.807) is 0 Å². The zero-order chi connectivity index (χ0) is 16.7. The van der Waals surface area contributed by atoms with Crippen LogP contribution in [0.3, 0.4) is 0 Å². The van der Waals surface area contributed by atoms with Crippen LogP contribution in [0, 0.1) is 0 Å². The van der Waals surface area contributed by atoms with Gasteiger partial charge in [-0.2, -0.15) is 0 Å². The molecule has 5 atom stereocenters. The lowest BCUT2D eigenvalue weighted by Crippen LogP contribution is -2.56. The number of aliphatic hydroxyl groups is 5. The Bertz CT molecular complexity index is 383. The average molecular weight is 307 g/mol. The van der Waals surface area contributed by atoms with Crippen LogP contribution in [-0.4, -0.2) is 80.1 Å². The summed E-state index contributed by atoms with van der Waals surface area (Å²) in [5, 5.41) is 48.4. The van der Waals surface area contributed by atoms with Crippen LogP contribution in [0.1, 0.15) is 20.3 Å². The first-order chi connectivity index (χ1) is 9.61. The van der Waals surface area contributed by atoms with Crippen molar-refractivity contribution in [1.29, 1.82) is 0 Å². The molecular weight excluding hydrogens is 286 g/mol. The summed E-state index contributed by atoms with van der Waals surface area (Å²) in [4.78, 5) is 34.2. The predicted octanol–water partition coefficient (Wildman–Crippen LogP) is -3.52. The fourth-order valence-corrected chi connectivity index (χ4v) is 1.54. The summed E-state index contributed by atoms with van der Waals surface area (Å²) >= 11 is 0. The van der Waals surface area contributed by atoms with Crippen LogP contribution in [0.25, 0.3) is 0 Å². The van der Waals surface area contributed by atoms with Crippen LogP contribution in [-0.2, 0) is 14.4 Å². The summed E-state index contributed by atoms with van der Waals surface area (Å²) in [7, 11) is 0. The van der Waals surface area contributed by atoms with Crippen molar-refractivity contribution >= 4 is 17.5 Å². The van der Waals surface area contributed by atoms with Crippen molar-refractivity contribution in [3.8, 4) is 0 Å². The summed E-state index contributed by atoms with van der Waals surface area (Å²) in [6.07, 6.45) is -7.71. The maximum absolute atomic E-state index is 11.9. The van der Waals surface area contributed by atoms with Gasteiger partial charge < -0.3 is 30.8 Å². The molecule has 5 unspecified atom stereocenters. The van der Waals surface area contributed by atoms with Crippen LogP contribution in [0.15, 0.2) is 0 Å². The average Bonchev–Trinajstić information content (AvgIpc) is 2.41. The van der Waals surface area contributed by atoms with Crippen LogP contribution in [0.4, 0.5) is 0 Å². The number of ketones is 2. The summed E-state index contributed by atoms with van der Waals surface area (Å²) in [5.41, 5.74) is 0. The third-order valence-corrected chi connectivity index (χ3v) is 2.79. The number of rotatable bonds is 9. The van der Waals surface area contributed by atoms with Gasteiger partial charge in [0.25, 0.3) is 0 Å². The molecule has 0 fully saturated rings. The normalized spacial score (nSPS) is 18.2. The van der Waals surface area contributed by atoms with E-state index in [0.29, 0.717) is 0 Å². The fraction of sp³-hybridized carbons (Fsp3) is 0.750. The highest BCUT2D eigenvalue weighted by Gasteiger charge is 2.36. The number of carbonyl (C=O) groups excluding carboxylic acids is 3. The predicted molar refractivity (Wildman–Crippen MR) is 69.0 cm³/mol. The van der Waals surface area contributed by atoms with Crippen molar-refractivity contribution in [2.75, 3.05) is 6.61 Å². The van der Waals surface area contributed by atoms with Gasteiger partial charge in [0.15, 0.2) is 11.6 Å². The molecule has 1 amide bonds. The minimum atomic E-state index is -1.93. The van der Waals surface area contributed by atoms with E-state index >= 15 is 0 Å². The molecule has 0 aliphatic heterocycles. The molecule has 9 heteroatoms. The Kier molecular flexibility index (Phi) is 8.22. The van der Waals surface area contributed by atoms with E-state index in [9.17, 15) is 29.7 Å². The Morgan fingerprint density at radius 1 is 1.00 bits per heavy atom. The first kappa shape index (κ1) is 19.6. The summed E-state index contributed by atoms with van der Waals surface area (Å²) < 4.78 is 0. The Morgan fingerprint density at radius 2 is 1.52 bits per heavy atom. The van der Waals surface area contributed by atoms with E-state index in [0.717, 1.165) is 13.8 Å². The molecular formula is C12H21NO8. The van der Waals surface area contributed by atoms with Crippen molar-refractivity contribution in [2.45, 2.75) is 50.7 Å². The second kappa shape index (κ2) is 8.80. The summed E-state index contributed by atoms with van der Waals surface area (Å²) in [5.74, 6) is -2.46. The van der Waals surface area contributed by atoms with Gasteiger partial charge in [0, 0.05) is 6.92 Å². The van der Waals surface area contributed by atoms with Crippen molar-refractivity contribution in [3.63, 3.8) is 0 Å². The molecule has 0 aromatic carbocycles. The zero-order valence-corrected chi connectivity index (χ0v) is 11.8. The third-order valence-electron chi connectivity index (χ3n) is 2.79. The maximum atomic E-state index is 11.9. The maximum Gasteiger partial charge on any atom is 0.217 e. The molecule has 0 aliphatic carbocycles. The fourth-order valence-electron chi connectivity index (χ4n) is 1.54. The topological polar surface area (TPSA) is 164 Å². The van der Waals surface area contributed by atoms with Crippen LogP contribution < -0.4 is 5.32 Å². The number of hydrogen-bond donors (Lipinski definition) is 6. The van der Waals surface area contributed by atoms with Gasteiger partial charge in [0.1, 0.15) is 30.5 Å². The second-order valence-electron chi connectivity index (χ2n) is 4.69. The van der Waals surface area contributed by atoms with Gasteiger partial charge in [-0.05, 0) is 6.92 Å². The highest BCUT2D eigenvalue weighted by Crippen LogP contribution is 2.09. The standard InChI is InChI=1S/C12H21NO8/c1-5(15)7(17)3-8(18)10(13-6(2)16)12(21)11(20)9(19)4-14/h5,9-12,14-15,19-21H,3-4H2,1-2H3,(H,13,16). The molecule has 0 spiro atoms.